The van der Waals surface area contributed by atoms with Crippen LogP contribution in [0.5, 0.6) is 0 Å². The molecule has 0 radical (unpaired) electrons. The van der Waals surface area contributed by atoms with Crippen molar-refractivity contribution in [3.63, 3.8) is 0 Å². The summed E-state index contributed by atoms with van der Waals surface area (Å²) in [7, 11) is 0. The first-order valence-corrected chi connectivity index (χ1v) is 30.7. The molecule has 3 aliphatic rings. The lowest BCUT2D eigenvalue weighted by molar-refractivity contribution is 0.574. The van der Waals surface area contributed by atoms with Crippen LogP contribution in [-0.2, 0) is 6.42 Å². The average molecular weight is 1150 g/mol. The van der Waals surface area contributed by atoms with Crippen LogP contribution in [0.4, 0.5) is 0 Å². The molecule has 0 amide bonds. The van der Waals surface area contributed by atoms with E-state index in [1.807, 2.05) is 68.5 Å². The molecular formula is C80H63N9. The van der Waals surface area contributed by atoms with Gasteiger partial charge >= 0.3 is 0 Å². The molecule has 89 heavy (non-hydrogen) atoms. The lowest BCUT2D eigenvalue weighted by Crippen LogP contribution is -2.31. The number of hydrogen-bond donors (Lipinski definition) is 0. The predicted molar refractivity (Wildman–Crippen MR) is 369 cm³/mol. The Hall–Kier alpha value is -11.3. The van der Waals surface area contributed by atoms with Crippen LogP contribution in [0.2, 0.25) is 0 Å². The van der Waals surface area contributed by atoms with Crippen molar-refractivity contribution in [3.05, 3.63) is 251 Å². The standard InChI is InChI=1S/C41H29N5.C39H34N4/c42-26-27-19-21-29(22-20-27)34-25-33(28-11-3-1-4-12-28)43-41(44-34)46-36-18-10-8-16-32(36)40-38(46)24-23-37-39(40)31-15-7-9-17-35(31)45(37)30-13-5-2-6-14-30;1-6-13-28(14-7-2)42-32(9-4)29(15-8-3)37-34(42)20-21-35-38(37)30-16-10-11-18-33(30)43(35)36-19-12-17-31(41-36)27-22-24-39(5,26-40)25-23-27/h2-3,5-7,9,11-25H,1,4,8,10H2;1,7-8,10-24H,9,25H2,2-5H3/b;14-7-,15-8-,28-13+. The summed E-state index contributed by atoms with van der Waals surface area (Å²) in [4.78, 5) is 15.6. The molecule has 9 heteroatoms. The molecule has 1 unspecified atom stereocenters. The van der Waals surface area contributed by atoms with Crippen LogP contribution in [0.3, 0.4) is 0 Å². The third-order valence-corrected chi connectivity index (χ3v) is 17.5. The van der Waals surface area contributed by atoms with Gasteiger partial charge in [-0.2, -0.15) is 10.5 Å². The molecule has 9 nitrogen and oxygen atoms in total. The maximum absolute atomic E-state index is 9.55. The molecular weight excluding hydrogens is 1090 g/mol. The lowest BCUT2D eigenvalue weighted by atomic mass is 9.83. The molecule has 0 bridgehead atoms. The first-order valence-electron chi connectivity index (χ1n) is 30.7. The van der Waals surface area contributed by atoms with Gasteiger partial charge in [-0.1, -0.05) is 152 Å². The SMILES string of the molecule is C#C/C=C(\C=C/C)n1c(CC)c(/C=C\C)c2c3c4ccccc4n(-c4cccc(C5=CCC(C)(C#N)C=C5)n4)c3ccc21.N#Cc1ccc(-c2cc(C3=CCCC=C3)nc(-n3c4c(c5c6c7ccccc7n(-c7ccccc7)c6ccc53)=CCCC=4)n2)cc1. The predicted octanol–water partition coefficient (Wildman–Crippen LogP) is 17.8. The van der Waals surface area contributed by atoms with Crippen molar-refractivity contribution in [1.29, 1.82) is 10.5 Å². The normalized spacial score (nSPS) is 15.7. The fourth-order valence-electron chi connectivity index (χ4n) is 13.5. The van der Waals surface area contributed by atoms with Gasteiger partial charge in [0.05, 0.1) is 84.3 Å². The van der Waals surface area contributed by atoms with Crippen LogP contribution in [0, 0.1) is 40.4 Å². The molecule has 6 aromatic carbocycles. The Morgan fingerprint density at radius 3 is 1.97 bits per heavy atom. The third-order valence-electron chi connectivity index (χ3n) is 17.5. The third kappa shape index (κ3) is 9.55. The van der Waals surface area contributed by atoms with E-state index in [2.05, 4.69) is 226 Å². The number of allylic oxidation sites excluding steroid dienone is 13. The lowest BCUT2D eigenvalue weighted by Gasteiger charge is -2.19. The summed E-state index contributed by atoms with van der Waals surface area (Å²) >= 11 is 0. The maximum atomic E-state index is 9.55. The molecule has 12 aromatic rings. The summed E-state index contributed by atoms with van der Waals surface area (Å²) in [5.41, 5.74) is 17.2. The molecule has 15 rings (SSSR count). The molecule has 0 N–H and O–H groups in total. The number of benzene rings is 6. The summed E-state index contributed by atoms with van der Waals surface area (Å²) < 4.78 is 9.22. The van der Waals surface area contributed by atoms with Gasteiger partial charge in [0.1, 0.15) is 5.82 Å². The Bertz CT molecular complexity index is 5390. The van der Waals surface area contributed by atoms with E-state index in [9.17, 15) is 10.5 Å². The van der Waals surface area contributed by atoms with Crippen LogP contribution in [0.25, 0.3) is 129 Å². The van der Waals surface area contributed by atoms with Crippen LogP contribution < -0.4 is 10.6 Å². The highest BCUT2D eigenvalue weighted by atomic mass is 15.2. The minimum atomic E-state index is -0.472. The van der Waals surface area contributed by atoms with Crippen LogP contribution in [0.15, 0.2) is 212 Å². The first-order chi connectivity index (χ1) is 43.8. The molecule has 6 aromatic heterocycles. The van der Waals surface area contributed by atoms with Crippen LogP contribution >= 0.6 is 0 Å². The van der Waals surface area contributed by atoms with Crippen molar-refractivity contribution in [2.75, 3.05) is 0 Å². The van der Waals surface area contributed by atoms with Gasteiger partial charge in [-0.3, -0.25) is 9.13 Å². The Balaban J connectivity index is 0.000000156. The van der Waals surface area contributed by atoms with E-state index in [4.69, 9.17) is 21.4 Å². The monoisotopic (exact) mass is 1150 g/mol. The summed E-state index contributed by atoms with van der Waals surface area (Å²) in [5, 5.41) is 28.6. The minimum absolute atomic E-state index is 0.472. The fourth-order valence-corrected chi connectivity index (χ4v) is 13.5. The fraction of sp³-hybridized carbons (Fsp3) is 0.138. The van der Waals surface area contributed by atoms with Gasteiger partial charge in [0.2, 0.25) is 5.95 Å². The highest BCUT2D eigenvalue weighted by Gasteiger charge is 2.26. The van der Waals surface area contributed by atoms with Crippen molar-refractivity contribution in [3.8, 4) is 53.2 Å². The van der Waals surface area contributed by atoms with E-state index in [-0.39, 0.29) is 0 Å². The Labute approximate surface area is 517 Å². The van der Waals surface area contributed by atoms with E-state index in [0.29, 0.717) is 17.9 Å². The number of para-hydroxylation sites is 3. The van der Waals surface area contributed by atoms with Crippen molar-refractivity contribution < 1.29 is 0 Å². The number of nitrogens with zero attached hydrogens (tertiary/aromatic N) is 9. The van der Waals surface area contributed by atoms with E-state index < -0.39 is 5.41 Å². The van der Waals surface area contributed by atoms with Crippen LogP contribution in [0.1, 0.15) is 88.0 Å². The van der Waals surface area contributed by atoms with Gasteiger partial charge in [0.15, 0.2) is 0 Å². The van der Waals surface area contributed by atoms with E-state index in [1.54, 1.807) is 0 Å². The zero-order valence-corrected chi connectivity index (χ0v) is 50.3. The number of fused-ring (bicyclic) bond motifs is 12. The number of hydrogen-bond acceptors (Lipinski definition) is 5. The Kier molecular flexibility index (Phi) is 14.5. The number of terminal acetylenes is 1. The maximum Gasteiger partial charge on any atom is 0.235 e. The number of aromatic nitrogens is 7. The molecule has 0 aliphatic heterocycles. The topological polar surface area (TPSA) is 106 Å². The van der Waals surface area contributed by atoms with Gasteiger partial charge in [-0.25, -0.2) is 15.0 Å². The highest BCUT2D eigenvalue weighted by molar-refractivity contribution is 6.24. The zero-order chi connectivity index (χ0) is 60.8. The van der Waals surface area contributed by atoms with Gasteiger partial charge in [0.25, 0.3) is 0 Å². The average Bonchev–Trinajstić information content (AvgIpc) is 1.57. The smallest absolute Gasteiger partial charge is 0.235 e. The molecule has 0 saturated carbocycles. The summed E-state index contributed by atoms with van der Waals surface area (Å²) in [5.74, 6) is 4.26. The Morgan fingerprint density at radius 2 is 1.28 bits per heavy atom. The summed E-state index contributed by atoms with van der Waals surface area (Å²) in [6.45, 7) is 8.24. The van der Waals surface area contributed by atoms with Crippen molar-refractivity contribution in [1.82, 2.24) is 33.2 Å². The molecule has 428 valence electrons. The van der Waals surface area contributed by atoms with Crippen molar-refractivity contribution in [2.45, 2.75) is 66.2 Å². The van der Waals surface area contributed by atoms with Gasteiger partial charge < -0.3 is 9.13 Å². The molecule has 1 atom stereocenters. The Morgan fingerprint density at radius 1 is 0.607 bits per heavy atom. The van der Waals surface area contributed by atoms with E-state index >= 15 is 0 Å². The van der Waals surface area contributed by atoms with E-state index in [1.165, 1.54) is 59.8 Å². The second-order valence-electron chi connectivity index (χ2n) is 23.0. The van der Waals surface area contributed by atoms with E-state index in [0.717, 1.165) is 111 Å². The first kappa shape index (κ1) is 55.6. The number of rotatable bonds is 10. The summed E-state index contributed by atoms with van der Waals surface area (Å²) in [6, 6.07) is 57.4. The van der Waals surface area contributed by atoms with Crippen LogP contribution in [-0.4, -0.2) is 33.2 Å². The molecule has 0 saturated heterocycles. The number of pyridine rings is 1. The van der Waals surface area contributed by atoms with Crippen molar-refractivity contribution in [2.24, 2.45) is 5.41 Å². The zero-order valence-electron chi connectivity index (χ0n) is 50.3. The largest absolute Gasteiger partial charge is 0.312 e. The molecule has 3 aliphatic carbocycles. The molecule has 0 spiro atoms. The quantitative estimate of drug-likeness (QED) is 0.100. The van der Waals surface area contributed by atoms with Gasteiger partial charge in [0, 0.05) is 66.1 Å². The van der Waals surface area contributed by atoms with Gasteiger partial charge in [-0.15, -0.1) is 6.42 Å². The van der Waals surface area contributed by atoms with Gasteiger partial charge in [-0.05, 0) is 155 Å². The second kappa shape index (κ2) is 23.2. The number of nitriles is 2. The second-order valence-corrected chi connectivity index (χ2v) is 23.0. The van der Waals surface area contributed by atoms with Crippen molar-refractivity contribution >= 4 is 100 Å². The molecule has 6 heterocycles. The minimum Gasteiger partial charge on any atom is -0.312 e. The summed E-state index contributed by atoms with van der Waals surface area (Å²) in [6.07, 6.45) is 39.1. The highest BCUT2D eigenvalue weighted by Crippen LogP contribution is 2.43. The molecule has 0 fully saturated rings.